The molecule has 4 nitrogen and oxygen atoms in total. The van der Waals surface area contributed by atoms with Gasteiger partial charge in [-0.2, -0.15) is 0 Å². The molecule has 1 aliphatic rings. The molecule has 20 heavy (non-hydrogen) atoms. The number of aromatic nitrogens is 1. The van der Waals surface area contributed by atoms with Crippen LogP contribution in [0, 0.1) is 11.8 Å². The van der Waals surface area contributed by atoms with Crippen molar-refractivity contribution >= 4 is 23.3 Å². The van der Waals surface area contributed by atoms with E-state index in [1.54, 1.807) is 12.3 Å². The van der Waals surface area contributed by atoms with E-state index in [1.165, 1.54) is 0 Å². The van der Waals surface area contributed by atoms with Crippen molar-refractivity contribution in [2.45, 2.75) is 27.2 Å². The minimum Gasteiger partial charge on any atom is -0.369 e. The molecule has 1 fully saturated rings. The molecule has 1 aromatic rings. The van der Waals surface area contributed by atoms with Gasteiger partial charge in [-0.3, -0.25) is 4.79 Å². The normalized spacial score (nSPS) is 22.7. The van der Waals surface area contributed by atoms with E-state index in [0.717, 1.165) is 26.1 Å². The first-order valence-corrected chi connectivity index (χ1v) is 7.59. The number of hydrogen-bond acceptors (Lipinski definition) is 3. The van der Waals surface area contributed by atoms with Crippen molar-refractivity contribution < 1.29 is 4.79 Å². The predicted octanol–water partition coefficient (Wildman–Crippen LogP) is 3.28. The van der Waals surface area contributed by atoms with Crippen LogP contribution in [0.15, 0.2) is 12.3 Å². The third-order valence-corrected chi connectivity index (χ3v) is 4.34. The van der Waals surface area contributed by atoms with E-state index >= 15 is 0 Å². The largest absolute Gasteiger partial charge is 0.369 e. The number of piperidine rings is 1. The Morgan fingerprint density at radius 2 is 2.25 bits per heavy atom. The molecule has 0 saturated carbocycles. The quantitative estimate of drug-likeness (QED) is 0.931. The molecule has 2 heterocycles. The fraction of sp³-hybridized carbons (Fsp3) is 0.600. The number of likely N-dealkylation sites (tertiary alicyclic amines) is 1. The van der Waals surface area contributed by atoms with Gasteiger partial charge in [0.25, 0.3) is 5.91 Å². The van der Waals surface area contributed by atoms with Gasteiger partial charge in [0, 0.05) is 25.8 Å². The maximum atomic E-state index is 12.5. The van der Waals surface area contributed by atoms with Crippen molar-refractivity contribution in [2.24, 2.45) is 11.8 Å². The Kier molecular flexibility index (Phi) is 4.86. The Bertz CT molecular complexity index is 492. The fourth-order valence-corrected chi connectivity index (χ4v) is 2.72. The predicted molar refractivity (Wildman–Crippen MR) is 82.3 cm³/mol. The second-order valence-corrected chi connectivity index (χ2v) is 5.99. The van der Waals surface area contributed by atoms with Crippen LogP contribution in [0.5, 0.6) is 0 Å². The number of anilines is 1. The molecule has 0 radical (unpaired) electrons. The number of hydrogen-bond donors (Lipinski definition) is 1. The van der Waals surface area contributed by atoms with E-state index in [9.17, 15) is 4.79 Å². The number of nitrogens with zero attached hydrogens (tertiary/aromatic N) is 2. The lowest BCUT2D eigenvalue weighted by molar-refractivity contribution is 0.0627. The van der Waals surface area contributed by atoms with Crippen molar-refractivity contribution in [1.82, 2.24) is 9.88 Å². The van der Waals surface area contributed by atoms with Crippen LogP contribution in [0.25, 0.3) is 0 Å². The molecule has 2 atom stereocenters. The van der Waals surface area contributed by atoms with Crippen LogP contribution in [0.3, 0.4) is 0 Å². The number of amides is 1. The van der Waals surface area contributed by atoms with Crippen molar-refractivity contribution in [3.8, 4) is 0 Å². The van der Waals surface area contributed by atoms with Crippen LogP contribution < -0.4 is 5.32 Å². The SMILES string of the molecule is CCNc1ncc(C(=O)N2CCC(C)C(C)C2)cc1Cl. The van der Waals surface area contributed by atoms with Gasteiger partial charge in [-0.1, -0.05) is 25.4 Å². The second kappa shape index (κ2) is 6.44. The number of rotatable bonds is 3. The molecule has 1 N–H and O–H groups in total. The van der Waals surface area contributed by atoms with Crippen LogP contribution in [-0.4, -0.2) is 35.4 Å². The highest BCUT2D eigenvalue weighted by Crippen LogP contribution is 2.25. The summed E-state index contributed by atoms with van der Waals surface area (Å²) >= 11 is 6.15. The van der Waals surface area contributed by atoms with E-state index in [4.69, 9.17) is 11.6 Å². The molecule has 0 bridgehead atoms. The minimum atomic E-state index is 0.0289. The summed E-state index contributed by atoms with van der Waals surface area (Å²) in [6, 6.07) is 1.71. The van der Waals surface area contributed by atoms with Gasteiger partial charge in [0.05, 0.1) is 10.6 Å². The van der Waals surface area contributed by atoms with E-state index < -0.39 is 0 Å². The van der Waals surface area contributed by atoms with E-state index in [1.807, 2.05) is 11.8 Å². The molecule has 5 heteroatoms. The lowest BCUT2D eigenvalue weighted by Crippen LogP contribution is -2.42. The Hall–Kier alpha value is -1.29. The first-order chi connectivity index (χ1) is 9.52. The minimum absolute atomic E-state index is 0.0289. The number of halogens is 1. The van der Waals surface area contributed by atoms with Crippen LogP contribution in [0.4, 0.5) is 5.82 Å². The van der Waals surface area contributed by atoms with Crippen molar-refractivity contribution in [2.75, 3.05) is 25.0 Å². The summed E-state index contributed by atoms with van der Waals surface area (Å²) in [5.74, 6) is 1.88. The van der Waals surface area contributed by atoms with Gasteiger partial charge in [-0.25, -0.2) is 4.98 Å². The molecule has 0 aliphatic carbocycles. The van der Waals surface area contributed by atoms with Gasteiger partial charge in [-0.05, 0) is 31.2 Å². The zero-order valence-electron chi connectivity index (χ0n) is 12.3. The molecule has 1 aromatic heterocycles. The number of nitrogens with one attached hydrogen (secondary N) is 1. The van der Waals surface area contributed by atoms with Gasteiger partial charge in [-0.15, -0.1) is 0 Å². The van der Waals surface area contributed by atoms with Crippen LogP contribution in [0.2, 0.25) is 5.02 Å². The Morgan fingerprint density at radius 1 is 1.50 bits per heavy atom. The first kappa shape index (κ1) is 15.1. The smallest absolute Gasteiger partial charge is 0.255 e. The highest BCUT2D eigenvalue weighted by Gasteiger charge is 2.26. The number of carbonyl (C=O) groups is 1. The standard InChI is InChI=1S/C15H22ClN3O/c1-4-17-14-13(16)7-12(8-18-14)15(20)19-6-5-10(2)11(3)9-19/h7-8,10-11H,4-6,9H2,1-3H3,(H,17,18). The Balaban J connectivity index is 2.11. The average molecular weight is 296 g/mol. The summed E-state index contributed by atoms with van der Waals surface area (Å²) in [6.45, 7) is 8.80. The third kappa shape index (κ3) is 3.23. The molecule has 0 aromatic carbocycles. The summed E-state index contributed by atoms with van der Waals surface area (Å²) in [5, 5.41) is 3.56. The second-order valence-electron chi connectivity index (χ2n) is 5.58. The lowest BCUT2D eigenvalue weighted by Gasteiger charge is -2.35. The zero-order valence-corrected chi connectivity index (χ0v) is 13.1. The van der Waals surface area contributed by atoms with Crippen LogP contribution >= 0.6 is 11.6 Å². The topological polar surface area (TPSA) is 45.2 Å². The van der Waals surface area contributed by atoms with E-state index in [2.05, 4.69) is 24.1 Å². The fourth-order valence-electron chi connectivity index (χ4n) is 2.48. The van der Waals surface area contributed by atoms with E-state index in [-0.39, 0.29) is 5.91 Å². The van der Waals surface area contributed by atoms with Gasteiger partial charge < -0.3 is 10.2 Å². The van der Waals surface area contributed by atoms with Gasteiger partial charge in [0.2, 0.25) is 0 Å². The van der Waals surface area contributed by atoms with Crippen molar-refractivity contribution in [3.05, 3.63) is 22.8 Å². The van der Waals surface area contributed by atoms with Crippen LogP contribution in [0.1, 0.15) is 37.6 Å². The summed E-state index contributed by atoms with van der Waals surface area (Å²) in [4.78, 5) is 18.6. The first-order valence-electron chi connectivity index (χ1n) is 7.21. The number of carbonyl (C=O) groups excluding carboxylic acids is 1. The highest BCUT2D eigenvalue weighted by atomic mass is 35.5. The summed E-state index contributed by atoms with van der Waals surface area (Å²) in [5.41, 5.74) is 0.568. The monoisotopic (exact) mass is 295 g/mol. The van der Waals surface area contributed by atoms with Gasteiger partial charge in [0.1, 0.15) is 5.82 Å². The average Bonchev–Trinajstić information content (AvgIpc) is 2.43. The summed E-state index contributed by atoms with van der Waals surface area (Å²) < 4.78 is 0. The van der Waals surface area contributed by atoms with Crippen molar-refractivity contribution in [1.29, 1.82) is 0 Å². The molecule has 110 valence electrons. The molecular weight excluding hydrogens is 274 g/mol. The van der Waals surface area contributed by atoms with E-state index in [0.29, 0.717) is 28.2 Å². The molecule has 0 spiro atoms. The molecule has 1 amide bonds. The lowest BCUT2D eigenvalue weighted by atomic mass is 9.88. The number of pyridine rings is 1. The highest BCUT2D eigenvalue weighted by molar-refractivity contribution is 6.33. The molecule has 2 unspecified atom stereocenters. The van der Waals surface area contributed by atoms with Crippen molar-refractivity contribution in [3.63, 3.8) is 0 Å². The third-order valence-electron chi connectivity index (χ3n) is 4.05. The van der Waals surface area contributed by atoms with Gasteiger partial charge in [0.15, 0.2) is 0 Å². The molecule has 2 rings (SSSR count). The summed E-state index contributed by atoms with van der Waals surface area (Å²) in [7, 11) is 0. The Morgan fingerprint density at radius 3 is 2.85 bits per heavy atom. The Labute approximate surface area is 125 Å². The maximum absolute atomic E-state index is 12.5. The van der Waals surface area contributed by atoms with Gasteiger partial charge >= 0.3 is 0 Å². The van der Waals surface area contributed by atoms with Crippen LogP contribution in [-0.2, 0) is 0 Å². The maximum Gasteiger partial charge on any atom is 0.255 e. The molecule has 1 aliphatic heterocycles. The molecular formula is C15H22ClN3O. The summed E-state index contributed by atoms with van der Waals surface area (Å²) in [6.07, 6.45) is 2.67. The molecule has 1 saturated heterocycles. The zero-order chi connectivity index (χ0) is 14.7.